The lowest BCUT2D eigenvalue weighted by Gasteiger charge is -2.06. The van der Waals surface area contributed by atoms with E-state index in [0.717, 1.165) is 0 Å². The molecule has 0 bridgehead atoms. The van der Waals surface area contributed by atoms with E-state index in [-0.39, 0.29) is 16.5 Å². The molecule has 20 heavy (non-hydrogen) atoms. The van der Waals surface area contributed by atoms with Gasteiger partial charge in [0.25, 0.3) is 0 Å². The number of primary amides is 1. The topological polar surface area (TPSA) is 95.5 Å². The summed E-state index contributed by atoms with van der Waals surface area (Å²) < 4.78 is 5.41. The van der Waals surface area contributed by atoms with E-state index in [4.69, 9.17) is 22.1 Å². The summed E-state index contributed by atoms with van der Waals surface area (Å²) in [7, 11) is 0. The fraction of sp³-hybridized carbons (Fsp3) is 0. The Hall–Kier alpha value is -2.60. The Bertz CT molecular complexity index is 671. The van der Waals surface area contributed by atoms with Crippen LogP contribution < -0.4 is 10.5 Å². The molecule has 0 unspecified atom stereocenters. The van der Waals surface area contributed by atoms with Crippen molar-refractivity contribution in [3.63, 3.8) is 0 Å². The molecule has 2 aromatic carbocycles. The number of nitrogens with zero attached hydrogens (tertiary/aromatic N) is 1. The van der Waals surface area contributed by atoms with Crippen molar-refractivity contribution in [1.29, 1.82) is 0 Å². The van der Waals surface area contributed by atoms with E-state index in [1.807, 2.05) is 0 Å². The van der Waals surface area contributed by atoms with E-state index in [2.05, 4.69) is 0 Å². The predicted octanol–water partition coefficient (Wildman–Crippen LogP) is 3.14. The molecule has 2 N–H and O–H groups in total. The summed E-state index contributed by atoms with van der Waals surface area (Å²) in [5.41, 5.74) is 5.20. The SMILES string of the molecule is NC(=O)c1ccc(Oc2ccc(Cl)cc2[N+](=O)[O-])cc1. The number of nitro groups is 1. The molecule has 0 atom stereocenters. The second kappa shape index (κ2) is 5.58. The normalized spacial score (nSPS) is 10.1. The number of carbonyl (C=O) groups excluding carboxylic acids is 1. The van der Waals surface area contributed by atoms with E-state index in [1.54, 1.807) is 0 Å². The van der Waals surface area contributed by atoms with Gasteiger partial charge in [-0.3, -0.25) is 14.9 Å². The highest BCUT2D eigenvalue weighted by atomic mass is 35.5. The van der Waals surface area contributed by atoms with Crippen LogP contribution in [-0.2, 0) is 0 Å². The smallest absolute Gasteiger partial charge is 0.313 e. The molecule has 102 valence electrons. The van der Waals surface area contributed by atoms with E-state index in [9.17, 15) is 14.9 Å². The molecule has 2 aromatic rings. The molecule has 0 aliphatic carbocycles. The lowest BCUT2D eigenvalue weighted by atomic mass is 10.2. The first-order valence-corrected chi connectivity index (χ1v) is 5.87. The molecule has 0 fully saturated rings. The minimum absolute atomic E-state index is 0.0613. The molecule has 1 amide bonds. The molecule has 0 radical (unpaired) electrons. The minimum Gasteiger partial charge on any atom is -0.450 e. The first-order valence-electron chi connectivity index (χ1n) is 5.49. The number of halogens is 1. The van der Waals surface area contributed by atoms with Crippen LogP contribution in [0.15, 0.2) is 42.5 Å². The monoisotopic (exact) mass is 292 g/mol. The Morgan fingerprint density at radius 1 is 1.20 bits per heavy atom. The van der Waals surface area contributed by atoms with Crippen LogP contribution in [0.3, 0.4) is 0 Å². The maximum Gasteiger partial charge on any atom is 0.313 e. The van der Waals surface area contributed by atoms with Gasteiger partial charge in [-0.2, -0.15) is 0 Å². The van der Waals surface area contributed by atoms with Crippen LogP contribution in [0.5, 0.6) is 11.5 Å². The first kappa shape index (κ1) is 13.8. The third kappa shape index (κ3) is 3.04. The zero-order chi connectivity index (χ0) is 14.7. The summed E-state index contributed by atoms with van der Waals surface area (Å²) in [5, 5.41) is 11.2. The Morgan fingerprint density at radius 3 is 2.40 bits per heavy atom. The largest absolute Gasteiger partial charge is 0.450 e. The number of ether oxygens (including phenoxy) is 1. The van der Waals surface area contributed by atoms with Gasteiger partial charge in [0.15, 0.2) is 0 Å². The number of hydrogen-bond acceptors (Lipinski definition) is 4. The number of benzene rings is 2. The molecule has 0 spiro atoms. The highest BCUT2D eigenvalue weighted by Crippen LogP contribution is 2.33. The van der Waals surface area contributed by atoms with Crippen molar-refractivity contribution in [2.45, 2.75) is 0 Å². The predicted molar refractivity (Wildman–Crippen MR) is 73.1 cm³/mol. The van der Waals surface area contributed by atoms with Crippen molar-refractivity contribution in [3.8, 4) is 11.5 Å². The number of hydrogen-bond donors (Lipinski definition) is 1. The van der Waals surface area contributed by atoms with Crippen molar-refractivity contribution in [2.75, 3.05) is 0 Å². The van der Waals surface area contributed by atoms with E-state index in [1.165, 1.54) is 42.5 Å². The molecule has 2 rings (SSSR count). The van der Waals surface area contributed by atoms with Crippen LogP contribution >= 0.6 is 11.6 Å². The number of nitrogens with two attached hydrogens (primary N) is 1. The molecule has 0 saturated heterocycles. The lowest BCUT2D eigenvalue weighted by molar-refractivity contribution is -0.385. The lowest BCUT2D eigenvalue weighted by Crippen LogP contribution is -2.10. The molecule has 0 aliphatic rings. The molecule has 7 heteroatoms. The van der Waals surface area contributed by atoms with E-state index >= 15 is 0 Å². The Morgan fingerprint density at radius 2 is 1.85 bits per heavy atom. The summed E-state index contributed by atoms with van der Waals surface area (Å²) in [6.07, 6.45) is 0. The maximum absolute atomic E-state index is 10.9. The van der Waals surface area contributed by atoms with Crippen LogP contribution in [0, 0.1) is 10.1 Å². The molecule has 0 aromatic heterocycles. The average Bonchev–Trinajstić information content (AvgIpc) is 2.41. The number of amides is 1. The summed E-state index contributed by atoms with van der Waals surface area (Å²) in [6.45, 7) is 0. The van der Waals surface area contributed by atoms with Crippen molar-refractivity contribution >= 4 is 23.2 Å². The van der Waals surface area contributed by atoms with Gasteiger partial charge in [-0.05, 0) is 36.4 Å². The van der Waals surface area contributed by atoms with Gasteiger partial charge in [0.1, 0.15) is 5.75 Å². The molecule has 0 heterocycles. The van der Waals surface area contributed by atoms with Crippen molar-refractivity contribution in [3.05, 3.63) is 63.2 Å². The second-order valence-electron chi connectivity index (χ2n) is 3.86. The maximum atomic E-state index is 10.9. The highest BCUT2D eigenvalue weighted by molar-refractivity contribution is 6.30. The van der Waals surface area contributed by atoms with E-state index in [0.29, 0.717) is 11.3 Å². The fourth-order valence-corrected chi connectivity index (χ4v) is 1.70. The third-order valence-electron chi connectivity index (χ3n) is 2.48. The van der Waals surface area contributed by atoms with Gasteiger partial charge in [-0.1, -0.05) is 11.6 Å². The highest BCUT2D eigenvalue weighted by Gasteiger charge is 2.16. The molecule has 6 nitrogen and oxygen atoms in total. The zero-order valence-corrected chi connectivity index (χ0v) is 10.8. The van der Waals surface area contributed by atoms with Crippen molar-refractivity contribution < 1.29 is 14.5 Å². The number of nitro benzene ring substituents is 1. The van der Waals surface area contributed by atoms with Crippen LogP contribution in [0.2, 0.25) is 5.02 Å². The molecular formula is C13H9ClN2O4. The number of carbonyl (C=O) groups is 1. The quantitative estimate of drug-likeness (QED) is 0.691. The van der Waals surface area contributed by atoms with Crippen molar-refractivity contribution in [2.24, 2.45) is 5.73 Å². The van der Waals surface area contributed by atoms with Crippen LogP contribution in [0.1, 0.15) is 10.4 Å². The van der Waals surface area contributed by atoms with Crippen molar-refractivity contribution in [1.82, 2.24) is 0 Å². The Kier molecular flexibility index (Phi) is 3.86. The van der Waals surface area contributed by atoms with Crippen LogP contribution in [0.4, 0.5) is 5.69 Å². The molecular weight excluding hydrogens is 284 g/mol. The van der Waals surface area contributed by atoms with Gasteiger partial charge >= 0.3 is 5.69 Å². The summed E-state index contributed by atoms with van der Waals surface area (Å²) >= 11 is 5.71. The van der Waals surface area contributed by atoms with Crippen LogP contribution in [0.25, 0.3) is 0 Å². The number of rotatable bonds is 4. The Labute approximate surface area is 118 Å². The summed E-state index contributed by atoms with van der Waals surface area (Å²) in [5.74, 6) is -0.152. The van der Waals surface area contributed by atoms with E-state index < -0.39 is 10.8 Å². The van der Waals surface area contributed by atoms with Gasteiger partial charge in [0.2, 0.25) is 11.7 Å². The van der Waals surface area contributed by atoms with Gasteiger partial charge in [-0.25, -0.2) is 0 Å². The summed E-state index contributed by atoms with van der Waals surface area (Å²) in [6, 6.07) is 10.0. The fourth-order valence-electron chi connectivity index (χ4n) is 1.53. The summed E-state index contributed by atoms with van der Waals surface area (Å²) in [4.78, 5) is 21.3. The Balaban J connectivity index is 2.30. The zero-order valence-electron chi connectivity index (χ0n) is 10.1. The molecule has 0 aliphatic heterocycles. The van der Waals surface area contributed by atoms with Crippen LogP contribution in [-0.4, -0.2) is 10.8 Å². The van der Waals surface area contributed by atoms with Gasteiger partial charge < -0.3 is 10.5 Å². The third-order valence-corrected chi connectivity index (χ3v) is 2.72. The van der Waals surface area contributed by atoms with Gasteiger partial charge in [0, 0.05) is 16.7 Å². The first-order chi connectivity index (χ1) is 9.47. The van der Waals surface area contributed by atoms with Gasteiger partial charge in [-0.15, -0.1) is 0 Å². The minimum atomic E-state index is -0.584. The van der Waals surface area contributed by atoms with Gasteiger partial charge in [0.05, 0.1) is 4.92 Å². The molecule has 0 saturated carbocycles. The second-order valence-corrected chi connectivity index (χ2v) is 4.30. The average molecular weight is 293 g/mol. The standard InChI is InChI=1S/C13H9ClN2O4/c14-9-3-6-12(11(7-9)16(18)19)20-10-4-1-8(2-5-10)13(15)17/h1-7H,(H2,15,17).